The summed E-state index contributed by atoms with van der Waals surface area (Å²) >= 11 is 0. The molecule has 2 aromatic heterocycles. The molecule has 0 amide bonds. The maximum Gasteiger partial charge on any atom is 0.177 e. The fourth-order valence-electron chi connectivity index (χ4n) is 4.15. The van der Waals surface area contributed by atoms with Gasteiger partial charge in [0.15, 0.2) is 11.5 Å². The molecule has 142 valence electrons. The third-order valence-corrected chi connectivity index (χ3v) is 5.78. The van der Waals surface area contributed by atoms with Gasteiger partial charge in [0.2, 0.25) is 0 Å². The molecule has 0 radical (unpaired) electrons. The van der Waals surface area contributed by atoms with Crippen LogP contribution in [0.1, 0.15) is 63.9 Å². The van der Waals surface area contributed by atoms with Crippen LogP contribution in [-0.2, 0) is 10.2 Å². The van der Waals surface area contributed by atoms with E-state index in [9.17, 15) is 0 Å². The van der Waals surface area contributed by atoms with Crippen LogP contribution < -0.4 is 0 Å². The first-order chi connectivity index (χ1) is 12.5. The Hall–Kier alpha value is -1.53. The first kappa shape index (κ1) is 17.9. The van der Waals surface area contributed by atoms with E-state index in [-0.39, 0.29) is 5.41 Å². The third kappa shape index (κ3) is 3.76. The molecule has 1 unspecified atom stereocenters. The monoisotopic (exact) mass is 357 g/mol. The largest absolute Gasteiger partial charge is 0.381 e. The van der Waals surface area contributed by atoms with Gasteiger partial charge in [-0.1, -0.05) is 20.8 Å². The highest BCUT2D eigenvalue weighted by molar-refractivity contribution is 5.37. The molecule has 2 aromatic rings. The summed E-state index contributed by atoms with van der Waals surface area (Å²) in [6, 6.07) is 4.12. The second-order valence-electron chi connectivity index (χ2n) is 8.95. The summed E-state index contributed by atoms with van der Waals surface area (Å²) in [5, 5.41) is 13.7. The predicted molar refractivity (Wildman–Crippen MR) is 101 cm³/mol. The van der Waals surface area contributed by atoms with E-state index in [1.54, 1.807) is 0 Å². The number of rotatable bonds is 3. The Balaban J connectivity index is 1.44. The minimum atomic E-state index is 0.0289. The number of hydrogen-bond acceptors (Lipinski definition) is 5. The Morgan fingerprint density at radius 2 is 1.92 bits per heavy atom. The zero-order chi connectivity index (χ0) is 18.1. The fourth-order valence-corrected chi connectivity index (χ4v) is 4.15. The van der Waals surface area contributed by atoms with E-state index in [0.717, 1.165) is 56.3 Å². The summed E-state index contributed by atoms with van der Waals surface area (Å²) in [6.07, 6.45) is 4.80. The van der Waals surface area contributed by atoms with Crippen LogP contribution in [0.4, 0.5) is 0 Å². The van der Waals surface area contributed by atoms with Crippen molar-refractivity contribution in [1.82, 2.24) is 24.7 Å². The van der Waals surface area contributed by atoms with E-state index in [1.165, 1.54) is 19.4 Å². The average Bonchev–Trinajstić information content (AvgIpc) is 3.06. The molecule has 2 aliphatic heterocycles. The van der Waals surface area contributed by atoms with Crippen molar-refractivity contribution in [2.45, 2.75) is 57.8 Å². The van der Waals surface area contributed by atoms with Crippen molar-refractivity contribution < 1.29 is 4.74 Å². The van der Waals surface area contributed by atoms with E-state index >= 15 is 0 Å². The molecule has 0 spiro atoms. The standard InChI is InChI=1S/C20H31N5O/c1-20(2,3)17-6-7-18-21-22-19(25(18)23-17)16-8-10-24(11-9-16)13-15-5-4-12-26-14-15/h6-7,15-16H,4-5,8-14H2,1-3H3. The molecule has 0 aromatic carbocycles. The summed E-state index contributed by atoms with van der Waals surface area (Å²) in [7, 11) is 0. The minimum Gasteiger partial charge on any atom is -0.381 e. The highest BCUT2D eigenvalue weighted by Crippen LogP contribution is 2.29. The van der Waals surface area contributed by atoms with Crippen LogP contribution in [0.2, 0.25) is 0 Å². The van der Waals surface area contributed by atoms with Crippen LogP contribution in [0.15, 0.2) is 12.1 Å². The molecule has 0 saturated carbocycles. The molecule has 6 nitrogen and oxygen atoms in total. The number of piperidine rings is 1. The molecule has 26 heavy (non-hydrogen) atoms. The van der Waals surface area contributed by atoms with E-state index in [4.69, 9.17) is 9.84 Å². The lowest BCUT2D eigenvalue weighted by atomic mass is 9.92. The van der Waals surface area contributed by atoms with Crippen molar-refractivity contribution in [2.24, 2.45) is 5.92 Å². The molecular weight excluding hydrogens is 326 g/mol. The van der Waals surface area contributed by atoms with Gasteiger partial charge in [0.25, 0.3) is 0 Å². The lowest BCUT2D eigenvalue weighted by molar-refractivity contribution is 0.0344. The van der Waals surface area contributed by atoms with E-state index < -0.39 is 0 Å². The Bertz CT molecular complexity index is 736. The molecule has 0 N–H and O–H groups in total. The molecule has 0 aliphatic carbocycles. The lowest BCUT2D eigenvalue weighted by Gasteiger charge is -2.34. The summed E-state index contributed by atoms with van der Waals surface area (Å²) in [5.74, 6) is 2.20. The van der Waals surface area contributed by atoms with Gasteiger partial charge in [-0.05, 0) is 56.8 Å². The fraction of sp³-hybridized carbons (Fsp3) is 0.750. The quantitative estimate of drug-likeness (QED) is 0.845. The molecule has 4 rings (SSSR count). The van der Waals surface area contributed by atoms with Crippen molar-refractivity contribution in [1.29, 1.82) is 0 Å². The van der Waals surface area contributed by atoms with Gasteiger partial charge >= 0.3 is 0 Å². The molecule has 2 aliphatic rings. The number of ether oxygens (including phenoxy) is 1. The van der Waals surface area contributed by atoms with Gasteiger partial charge < -0.3 is 9.64 Å². The first-order valence-electron chi connectivity index (χ1n) is 10.0. The smallest absolute Gasteiger partial charge is 0.177 e. The van der Waals surface area contributed by atoms with Crippen molar-refractivity contribution in [3.05, 3.63) is 23.7 Å². The van der Waals surface area contributed by atoms with Crippen molar-refractivity contribution in [2.75, 3.05) is 32.8 Å². The Morgan fingerprint density at radius 3 is 2.62 bits per heavy atom. The molecule has 6 heteroatoms. The lowest BCUT2D eigenvalue weighted by Crippen LogP contribution is -2.39. The van der Waals surface area contributed by atoms with Crippen molar-refractivity contribution >= 4 is 5.65 Å². The number of hydrogen-bond donors (Lipinski definition) is 0. The van der Waals surface area contributed by atoms with Gasteiger partial charge in [0.1, 0.15) is 0 Å². The molecule has 1 atom stereocenters. The highest BCUT2D eigenvalue weighted by atomic mass is 16.5. The molecular formula is C20H31N5O. The van der Waals surface area contributed by atoms with Crippen LogP contribution in [0, 0.1) is 5.92 Å². The van der Waals surface area contributed by atoms with Crippen LogP contribution in [0.5, 0.6) is 0 Å². The molecule has 2 fully saturated rings. The van der Waals surface area contributed by atoms with Gasteiger partial charge in [-0.15, -0.1) is 10.2 Å². The van der Waals surface area contributed by atoms with Crippen LogP contribution in [0.25, 0.3) is 5.65 Å². The zero-order valence-electron chi connectivity index (χ0n) is 16.3. The number of fused-ring (bicyclic) bond motifs is 1. The SMILES string of the molecule is CC(C)(C)c1ccc2nnc(C3CCN(CC4CCCOC4)CC3)n2n1. The topological polar surface area (TPSA) is 55.5 Å². The minimum absolute atomic E-state index is 0.0289. The van der Waals surface area contributed by atoms with Gasteiger partial charge in [-0.2, -0.15) is 9.61 Å². The summed E-state index contributed by atoms with van der Waals surface area (Å²) < 4.78 is 7.62. The van der Waals surface area contributed by atoms with Crippen molar-refractivity contribution in [3.63, 3.8) is 0 Å². The molecule has 2 saturated heterocycles. The van der Waals surface area contributed by atoms with Gasteiger partial charge in [-0.25, -0.2) is 0 Å². The van der Waals surface area contributed by atoms with E-state index in [0.29, 0.717) is 11.8 Å². The van der Waals surface area contributed by atoms with Crippen LogP contribution in [0.3, 0.4) is 0 Å². The Kier molecular flexibility index (Phi) is 4.97. The maximum atomic E-state index is 5.63. The highest BCUT2D eigenvalue weighted by Gasteiger charge is 2.27. The second kappa shape index (κ2) is 7.24. The number of nitrogens with zero attached hydrogens (tertiary/aromatic N) is 5. The van der Waals surface area contributed by atoms with Crippen molar-refractivity contribution in [3.8, 4) is 0 Å². The maximum absolute atomic E-state index is 5.63. The third-order valence-electron chi connectivity index (χ3n) is 5.78. The van der Waals surface area contributed by atoms with E-state index in [2.05, 4.69) is 41.9 Å². The predicted octanol–water partition coefficient (Wildman–Crippen LogP) is 3.03. The second-order valence-corrected chi connectivity index (χ2v) is 8.95. The normalized spacial score (nSPS) is 23.6. The van der Waals surface area contributed by atoms with Gasteiger partial charge in [-0.3, -0.25) is 0 Å². The molecule has 4 heterocycles. The average molecular weight is 358 g/mol. The summed E-state index contributed by atoms with van der Waals surface area (Å²) in [6.45, 7) is 11.9. The Morgan fingerprint density at radius 1 is 1.12 bits per heavy atom. The molecule has 0 bridgehead atoms. The van der Waals surface area contributed by atoms with Gasteiger partial charge in [0.05, 0.1) is 12.3 Å². The zero-order valence-corrected chi connectivity index (χ0v) is 16.3. The van der Waals surface area contributed by atoms with Crippen LogP contribution in [-0.4, -0.2) is 57.6 Å². The first-order valence-corrected chi connectivity index (χ1v) is 10.0. The van der Waals surface area contributed by atoms with Gasteiger partial charge in [0, 0.05) is 24.5 Å². The summed E-state index contributed by atoms with van der Waals surface area (Å²) in [5.41, 5.74) is 1.97. The van der Waals surface area contributed by atoms with E-state index in [1.807, 2.05) is 10.6 Å². The number of likely N-dealkylation sites (tertiary alicyclic amines) is 1. The van der Waals surface area contributed by atoms with Crippen LogP contribution >= 0.6 is 0 Å². The number of aromatic nitrogens is 4. The summed E-state index contributed by atoms with van der Waals surface area (Å²) in [4.78, 5) is 2.60. The Labute approximate surface area is 155 Å².